The SMILES string of the molecule is Cc1nc(-c2ccc3ccnc(NCCC(=O)Nc4nc5ccnc(OCCCF)c5s4)c3c2)no1. The van der Waals surface area contributed by atoms with E-state index < -0.39 is 6.67 Å². The maximum absolute atomic E-state index is 12.6. The highest BCUT2D eigenvalue weighted by Gasteiger charge is 2.13. The number of rotatable bonds is 10. The molecule has 4 heterocycles. The minimum absolute atomic E-state index is 0.197. The lowest BCUT2D eigenvalue weighted by Crippen LogP contribution is -2.16. The van der Waals surface area contributed by atoms with Gasteiger partial charge in [0, 0.05) is 49.7 Å². The largest absolute Gasteiger partial charge is 0.477 e. The molecule has 2 N–H and O–H groups in total. The Morgan fingerprint density at radius 3 is 2.89 bits per heavy atom. The van der Waals surface area contributed by atoms with Gasteiger partial charge in [-0.25, -0.2) is 15.0 Å². The van der Waals surface area contributed by atoms with E-state index in [4.69, 9.17) is 9.26 Å². The number of anilines is 2. The predicted octanol–water partition coefficient (Wildman–Crippen LogP) is 4.78. The summed E-state index contributed by atoms with van der Waals surface area (Å²) in [6, 6.07) is 9.48. The molecule has 12 heteroatoms. The van der Waals surface area contributed by atoms with Crippen molar-refractivity contribution in [3.05, 3.63) is 48.6 Å². The summed E-state index contributed by atoms with van der Waals surface area (Å²) >= 11 is 1.27. The summed E-state index contributed by atoms with van der Waals surface area (Å²) in [5, 5.41) is 12.4. The number of amides is 1. The second-order valence-corrected chi connectivity index (χ2v) is 8.83. The number of fused-ring (bicyclic) bond motifs is 2. The predicted molar refractivity (Wildman–Crippen MR) is 135 cm³/mol. The van der Waals surface area contributed by atoms with E-state index in [2.05, 4.69) is 35.7 Å². The van der Waals surface area contributed by atoms with Crippen LogP contribution in [0.5, 0.6) is 5.88 Å². The first-order valence-electron chi connectivity index (χ1n) is 11.3. The fourth-order valence-electron chi connectivity index (χ4n) is 3.55. The van der Waals surface area contributed by atoms with Gasteiger partial charge in [-0.05, 0) is 23.6 Å². The van der Waals surface area contributed by atoms with Gasteiger partial charge in [-0.1, -0.05) is 28.6 Å². The maximum atomic E-state index is 12.6. The molecule has 0 saturated heterocycles. The number of aromatic nitrogens is 5. The zero-order chi connectivity index (χ0) is 24.9. The number of alkyl halides is 1. The highest BCUT2D eigenvalue weighted by molar-refractivity contribution is 7.22. The number of hydrogen-bond acceptors (Lipinski definition) is 10. The van der Waals surface area contributed by atoms with Gasteiger partial charge >= 0.3 is 0 Å². The molecule has 5 aromatic rings. The first kappa shape index (κ1) is 23.5. The fourth-order valence-corrected chi connectivity index (χ4v) is 4.47. The van der Waals surface area contributed by atoms with Crippen LogP contribution in [0.4, 0.5) is 15.3 Å². The van der Waals surface area contributed by atoms with E-state index in [1.54, 1.807) is 25.4 Å². The van der Waals surface area contributed by atoms with E-state index in [-0.39, 0.29) is 25.4 Å². The monoisotopic (exact) mass is 507 g/mol. The van der Waals surface area contributed by atoms with Crippen molar-refractivity contribution in [2.75, 3.05) is 30.5 Å². The lowest BCUT2D eigenvalue weighted by molar-refractivity contribution is -0.115. The molecule has 0 radical (unpaired) electrons. The Bertz CT molecular complexity index is 1520. The van der Waals surface area contributed by atoms with Crippen molar-refractivity contribution < 1.29 is 18.4 Å². The number of aryl methyl sites for hydroxylation is 1. The molecular formula is C24H22FN7O3S. The standard InChI is InChI=1S/C24H22FN7O3S/c1-14-29-21(32-35-14)16-4-3-15-5-9-26-22(17(15)13-16)27-11-7-19(33)31-24-30-18-6-10-28-23(20(18)36-24)34-12-2-8-25/h3-6,9-10,13H,2,7-8,11-12H2,1H3,(H,26,27)(H,30,31,33). The molecule has 0 atom stereocenters. The molecule has 1 aromatic carbocycles. The van der Waals surface area contributed by atoms with Gasteiger partial charge in [0.1, 0.15) is 10.5 Å². The van der Waals surface area contributed by atoms with Gasteiger partial charge in [-0.3, -0.25) is 9.18 Å². The highest BCUT2D eigenvalue weighted by Crippen LogP contribution is 2.32. The summed E-state index contributed by atoms with van der Waals surface area (Å²) in [6.45, 7) is 1.88. The van der Waals surface area contributed by atoms with Crippen LogP contribution in [0.1, 0.15) is 18.7 Å². The highest BCUT2D eigenvalue weighted by atomic mass is 32.1. The Labute approximate surface area is 208 Å². The van der Waals surface area contributed by atoms with Crippen molar-refractivity contribution in [2.45, 2.75) is 19.8 Å². The van der Waals surface area contributed by atoms with E-state index in [0.29, 0.717) is 45.3 Å². The summed E-state index contributed by atoms with van der Waals surface area (Å²) in [6.07, 6.45) is 3.78. The number of thiazole rings is 1. The van der Waals surface area contributed by atoms with E-state index in [1.165, 1.54) is 11.3 Å². The number of benzene rings is 1. The Morgan fingerprint density at radius 1 is 1.17 bits per heavy atom. The zero-order valence-electron chi connectivity index (χ0n) is 19.3. The normalized spacial score (nSPS) is 11.2. The summed E-state index contributed by atoms with van der Waals surface area (Å²) in [7, 11) is 0. The van der Waals surface area contributed by atoms with Crippen LogP contribution in [-0.2, 0) is 4.79 Å². The molecule has 0 aliphatic carbocycles. The molecule has 0 bridgehead atoms. The average molecular weight is 508 g/mol. The van der Waals surface area contributed by atoms with Gasteiger partial charge in [0.05, 0.1) is 18.8 Å². The maximum Gasteiger partial charge on any atom is 0.233 e. The van der Waals surface area contributed by atoms with E-state index in [1.807, 2.05) is 24.3 Å². The third kappa shape index (κ3) is 5.23. The van der Waals surface area contributed by atoms with Gasteiger partial charge in [0.25, 0.3) is 0 Å². The smallest absolute Gasteiger partial charge is 0.233 e. The summed E-state index contributed by atoms with van der Waals surface area (Å²) < 4.78 is 23.7. The number of nitrogens with one attached hydrogen (secondary N) is 2. The number of pyridine rings is 2. The number of halogens is 1. The molecule has 10 nitrogen and oxygen atoms in total. The minimum Gasteiger partial charge on any atom is -0.477 e. The lowest BCUT2D eigenvalue weighted by Gasteiger charge is -2.09. The number of hydrogen-bond donors (Lipinski definition) is 2. The van der Waals surface area contributed by atoms with Crippen molar-refractivity contribution in [1.82, 2.24) is 25.1 Å². The number of ether oxygens (including phenoxy) is 1. The van der Waals surface area contributed by atoms with Gasteiger partial charge in [-0.2, -0.15) is 4.98 Å². The van der Waals surface area contributed by atoms with Crippen LogP contribution in [0, 0.1) is 6.92 Å². The first-order chi connectivity index (χ1) is 17.6. The van der Waals surface area contributed by atoms with E-state index in [0.717, 1.165) is 16.3 Å². The number of carbonyl (C=O) groups is 1. The van der Waals surface area contributed by atoms with Crippen molar-refractivity contribution >= 4 is 49.2 Å². The van der Waals surface area contributed by atoms with Crippen LogP contribution < -0.4 is 15.4 Å². The van der Waals surface area contributed by atoms with Gasteiger partial charge in [0.15, 0.2) is 5.13 Å². The third-order valence-electron chi connectivity index (χ3n) is 5.23. The van der Waals surface area contributed by atoms with Crippen molar-refractivity contribution in [1.29, 1.82) is 0 Å². The van der Waals surface area contributed by atoms with Gasteiger partial charge in [-0.15, -0.1) is 0 Å². The molecule has 5 rings (SSSR count). The number of nitrogens with zero attached hydrogens (tertiary/aromatic N) is 5. The third-order valence-corrected chi connectivity index (χ3v) is 6.21. The Balaban J connectivity index is 1.23. The van der Waals surface area contributed by atoms with Crippen molar-refractivity contribution in [3.8, 4) is 17.3 Å². The molecular weight excluding hydrogens is 485 g/mol. The van der Waals surface area contributed by atoms with Crippen LogP contribution in [0.25, 0.3) is 32.4 Å². The number of carbonyl (C=O) groups excluding carboxylic acids is 1. The minimum atomic E-state index is -0.456. The Kier molecular flexibility index (Phi) is 6.94. The molecule has 4 aromatic heterocycles. The molecule has 1 amide bonds. The quantitative estimate of drug-likeness (QED) is 0.257. The van der Waals surface area contributed by atoms with Crippen LogP contribution in [0.3, 0.4) is 0 Å². The fraction of sp³-hybridized carbons (Fsp3) is 0.250. The van der Waals surface area contributed by atoms with E-state index in [9.17, 15) is 9.18 Å². The molecule has 0 saturated carbocycles. The summed E-state index contributed by atoms with van der Waals surface area (Å²) in [4.78, 5) is 29.9. The van der Waals surface area contributed by atoms with Crippen molar-refractivity contribution in [3.63, 3.8) is 0 Å². The van der Waals surface area contributed by atoms with E-state index >= 15 is 0 Å². The molecule has 36 heavy (non-hydrogen) atoms. The van der Waals surface area contributed by atoms with Crippen LogP contribution >= 0.6 is 11.3 Å². The van der Waals surface area contributed by atoms with Crippen molar-refractivity contribution in [2.24, 2.45) is 0 Å². The lowest BCUT2D eigenvalue weighted by atomic mass is 10.1. The van der Waals surface area contributed by atoms with Crippen LogP contribution in [0.15, 0.2) is 47.2 Å². The second kappa shape index (κ2) is 10.6. The molecule has 0 spiro atoms. The average Bonchev–Trinajstić information content (AvgIpc) is 3.50. The molecule has 184 valence electrons. The van der Waals surface area contributed by atoms with Gasteiger partial charge in [0.2, 0.25) is 23.5 Å². The van der Waals surface area contributed by atoms with Gasteiger partial charge < -0.3 is 19.9 Å². The summed E-state index contributed by atoms with van der Waals surface area (Å²) in [5.74, 6) is 1.84. The Morgan fingerprint density at radius 2 is 2.06 bits per heavy atom. The second-order valence-electron chi connectivity index (χ2n) is 7.83. The molecule has 0 aliphatic rings. The first-order valence-corrected chi connectivity index (χ1v) is 12.1. The molecule has 0 unspecified atom stereocenters. The molecule has 0 aliphatic heterocycles. The topological polar surface area (TPSA) is 128 Å². The van der Waals surface area contributed by atoms with Crippen LogP contribution in [0.2, 0.25) is 0 Å². The Hall–Kier alpha value is -4.19. The van der Waals surface area contributed by atoms with Crippen LogP contribution in [-0.4, -0.2) is 50.8 Å². The summed E-state index contributed by atoms with van der Waals surface area (Å²) in [5.41, 5.74) is 1.47. The zero-order valence-corrected chi connectivity index (χ0v) is 20.1. The molecule has 0 fully saturated rings.